The smallest absolute Gasteiger partial charge is 0.415 e. The molecule has 0 atom stereocenters. The van der Waals surface area contributed by atoms with Gasteiger partial charge in [0.1, 0.15) is 16.3 Å². The molecule has 1 amide bonds. The van der Waals surface area contributed by atoms with Crippen molar-refractivity contribution in [3.8, 4) is 0 Å². The van der Waals surface area contributed by atoms with E-state index < -0.39 is 23.3 Å². The summed E-state index contributed by atoms with van der Waals surface area (Å²) >= 11 is 6.13. The van der Waals surface area contributed by atoms with E-state index >= 15 is 0 Å². The lowest BCUT2D eigenvalue weighted by molar-refractivity contribution is 0.0321. The highest BCUT2D eigenvalue weighted by molar-refractivity contribution is 6.50. The number of ether oxygens (including phenoxy) is 1. The molecule has 0 aliphatic heterocycles. The number of carbonyl (C=O) groups excluding carboxylic acids is 3. The van der Waals surface area contributed by atoms with E-state index in [1.807, 2.05) is 0 Å². The molecule has 1 aliphatic carbocycles. The van der Waals surface area contributed by atoms with Gasteiger partial charge in [0, 0.05) is 17.7 Å². The Bertz CT molecular complexity index is 759. The van der Waals surface area contributed by atoms with Crippen LogP contribution in [0.4, 0.5) is 4.79 Å². The van der Waals surface area contributed by atoms with Crippen LogP contribution in [0.2, 0.25) is 0 Å². The van der Waals surface area contributed by atoms with E-state index in [1.165, 1.54) is 18.2 Å². The number of hydrogen-bond acceptors (Lipinski definition) is 4. The number of fused-ring (bicyclic) bond motifs is 1. The summed E-state index contributed by atoms with van der Waals surface area (Å²) in [6, 6.07) is 6.35. The van der Waals surface area contributed by atoms with Crippen LogP contribution < -0.4 is 0 Å². The monoisotopic (exact) mass is 347 g/mol. The molecular weight excluding hydrogens is 330 g/mol. The molecule has 6 heteroatoms. The average Bonchev–Trinajstić information content (AvgIpc) is 2.50. The lowest BCUT2D eigenvalue weighted by Gasteiger charge is -2.30. The van der Waals surface area contributed by atoms with Crippen molar-refractivity contribution >= 4 is 29.3 Å². The summed E-state index contributed by atoms with van der Waals surface area (Å²) in [6.07, 6.45) is 0.662. The number of Topliss-reactive ketones (excluding diaryl/α,β-unsaturated/α-hetero) is 2. The quantitative estimate of drug-likeness (QED) is 0.777. The van der Waals surface area contributed by atoms with Gasteiger partial charge in [0.15, 0.2) is 0 Å². The van der Waals surface area contributed by atoms with Gasteiger partial charge in [-0.1, -0.05) is 41.9 Å². The summed E-state index contributed by atoms with van der Waals surface area (Å²) in [4.78, 5) is 38.7. The van der Waals surface area contributed by atoms with E-state index in [2.05, 4.69) is 6.58 Å². The first-order valence-electron chi connectivity index (χ1n) is 7.37. The van der Waals surface area contributed by atoms with Crippen molar-refractivity contribution in [1.29, 1.82) is 0 Å². The van der Waals surface area contributed by atoms with Gasteiger partial charge in [-0.2, -0.15) is 0 Å². The molecule has 1 aliphatic rings. The average molecular weight is 348 g/mol. The SMILES string of the molecule is C=CCN(C(=O)OC(C)(C)C)C1=C(Cl)C(=O)c2ccccc2C1=O. The molecule has 5 nitrogen and oxygen atoms in total. The topological polar surface area (TPSA) is 63.7 Å². The van der Waals surface area contributed by atoms with Gasteiger partial charge in [0.05, 0.1) is 0 Å². The fourth-order valence-corrected chi connectivity index (χ4v) is 2.57. The number of hydrogen-bond donors (Lipinski definition) is 0. The molecule has 0 fully saturated rings. The Kier molecular flexibility index (Phi) is 4.94. The molecule has 24 heavy (non-hydrogen) atoms. The molecule has 0 spiro atoms. The summed E-state index contributed by atoms with van der Waals surface area (Å²) < 4.78 is 5.31. The second-order valence-corrected chi connectivity index (χ2v) is 6.62. The van der Waals surface area contributed by atoms with Gasteiger partial charge < -0.3 is 4.74 Å². The molecule has 0 saturated carbocycles. The van der Waals surface area contributed by atoms with Crippen molar-refractivity contribution in [3.63, 3.8) is 0 Å². The third-order valence-electron chi connectivity index (χ3n) is 3.23. The standard InChI is InChI=1S/C18H18ClNO4/c1-5-10-20(17(23)24-18(2,3)4)14-13(19)15(21)11-8-6-7-9-12(11)16(14)22/h5-9H,1,10H2,2-4H3. The first-order chi connectivity index (χ1) is 11.2. The minimum atomic E-state index is -0.768. The Morgan fingerprint density at radius 1 is 1.21 bits per heavy atom. The second-order valence-electron chi connectivity index (χ2n) is 6.25. The molecule has 0 radical (unpaired) electrons. The molecule has 0 unspecified atom stereocenters. The number of amides is 1. The first kappa shape index (κ1) is 17.9. The number of allylic oxidation sites excluding steroid dienone is 2. The molecule has 2 rings (SSSR count). The highest BCUT2D eigenvalue weighted by atomic mass is 35.5. The van der Waals surface area contributed by atoms with Crippen molar-refractivity contribution in [2.24, 2.45) is 0 Å². The van der Waals surface area contributed by atoms with Crippen LogP contribution in [0.25, 0.3) is 0 Å². The molecule has 0 saturated heterocycles. The van der Waals surface area contributed by atoms with Crippen LogP contribution in [0.15, 0.2) is 47.6 Å². The predicted octanol–water partition coefficient (Wildman–Crippen LogP) is 3.94. The maximum absolute atomic E-state index is 12.8. The minimum absolute atomic E-state index is 0.0122. The Balaban J connectivity index is 2.52. The number of carbonyl (C=O) groups is 3. The second kappa shape index (κ2) is 6.61. The minimum Gasteiger partial charge on any atom is -0.443 e. The predicted molar refractivity (Wildman–Crippen MR) is 91.1 cm³/mol. The molecule has 0 N–H and O–H groups in total. The Morgan fingerprint density at radius 3 is 2.25 bits per heavy atom. The summed E-state index contributed by atoms with van der Waals surface area (Å²) in [5.41, 5.74) is -0.517. The van der Waals surface area contributed by atoms with Crippen molar-refractivity contribution in [3.05, 3.63) is 58.8 Å². The summed E-state index contributed by atoms with van der Waals surface area (Å²) in [6.45, 7) is 8.68. The van der Waals surface area contributed by atoms with E-state index in [4.69, 9.17) is 16.3 Å². The summed E-state index contributed by atoms with van der Waals surface area (Å²) in [5, 5.41) is -0.300. The van der Waals surface area contributed by atoms with Gasteiger partial charge in [-0.25, -0.2) is 4.79 Å². The molecule has 0 heterocycles. The Hall–Kier alpha value is -2.40. The van der Waals surface area contributed by atoms with Gasteiger partial charge >= 0.3 is 6.09 Å². The molecule has 1 aromatic rings. The third kappa shape index (κ3) is 3.41. The molecular formula is C18H18ClNO4. The van der Waals surface area contributed by atoms with Crippen LogP contribution in [0.3, 0.4) is 0 Å². The lowest BCUT2D eigenvalue weighted by Crippen LogP contribution is -2.40. The zero-order valence-electron chi connectivity index (χ0n) is 13.8. The molecule has 0 bridgehead atoms. The molecule has 1 aromatic carbocycles. The van der Waals surface area contributed by atoms with Crippen molar-refractivity contribution < 1.29 is 19.1 Å². The van der Waals surface area contributed by atoms with Crippen LogP contribution in [-0.2, 0) is 4.74 Å². The fraction of sp³-hybridized carbons (Fsp3) is 0.278. The van der Waals surface area contributed by atoms with E-state index in [0.717, 1.165) is 4.90 Å². The third-order valence-corrected chi connectivity index (χ3v) is 3.58. The molecule has 0 aromatic heterocycles. The Morgan fingerprint density at radius 2 is 1.75 bits per heavy atom. The fourth-order valence-electron chi connectivity index (χ4n) is 2.28. The Labute approximate surface area is 145 Å². The normalized spacial score (nSPS) is 14.3. The van der Waals surface area contributed by atoms with Gasteiger partial charge in [-0.3, -0.25) is 14.5 Å². The van der Waals surface area contributed by atoms with Crippen LogP contribution in [0.1, 0.15) is 41.5 Å². The highest BCUT2D eigenvalue weighted by Crippen LogP contribution is 2.31. The highest BCUT2D eigenvalue weighted by Gasteiger charge is 2.37. The van der Waals surface area contributed by atoms with Gasteiger partial charge in [-0.15, -0.1) is 6.58 Å². The van der Waals surface area contributed by atoms with Crippen LogP contribution in [0, 0.1) is 0 Å². The number of rotatable bonds is 3. The largest absolute Gasteiger partial charge is 0.443 e. The number of nitrogens with zero attached hydrogens (tertiary/aromatic N) is 1. The number of ketones is 2. The van der Waals surface area contributed by atoms with Gasteiger partial charge in [0.25, 0.3) is 0 Å². The van der Waals surface area contributed by atoms with Gasteiger partial charge in [0.2, 0.25) is 11.6 Å². The zero-order chi connectivity index (χ0) is 18.1. The first-order valence-corrected chi connectivity index (χ1v) is 7.74. The van der Waals surface area contributed by atoms with Crippen LogP contribution in [0.5, 0.6) is 0 Å². The van der Waals surface area contributed by atoms with Crippen molar-refractivity contribution in [1.82, 2.24) is 4.90 Å². The van der Waals surface area contributed by atoms with E-state index in [0.29, 0.717) is 0 Å². The maximum atomic E-state index is 12.8. The number of benzene rings is 1. The summed E-state index contributed by atoms with van der Waals surface area (Å²) in [7, 11) is 0. The van der Waals surface area contributed by atoms with Crippen LogP contribution >= 0.6 is 11.6 Å². The van der Waals surface area contributed by atoms with E-state index in [9.17, 15) is 14.4 Å². The van der Waals surface area contributed by atoms with Crippen molar-refractivity contribution in [2.45, 2.75) is 26.4 Å². The van der Waals surface area contributed by atoms with Gasteiger partial charge in [-0.05, 0) is 20.8 Å². The summed E-state index contributed by atoms with van der Waals surface area (Å²) in [5.74, 6) is -0.998. The maximum Gasteiger partial charge on any atom is 0.415 e. The zero-order valence-corrected chi connectivity index (χ0v) is 14.5. The van der Waals surface area contributed by atoms with E-state index in [-0.39, 0.29) is 28.4 Å². The molecule has 126 valence electrons. The lowest BCUT2D eigenvalue weighted by atomic mass is 9.92. The number of halogens is 1. The van der Waals surface area contributed by atoms with Crippen molar-refractivity contribution in [2.75, 3.05) is 6.54 Å². The van der Waals surface area contributed by atoms with Crippen LogP contribution in [-0.4, -0.2) is 34.7 Å². The van der Waals surface area contributed by atoms with E-state index in [1.54, 1.807) is 32.9 Å².